The van der Waals surface area contributed by atoms with E-state index in [9.17, 15) is 9.59 Å². The van der Waals surface area contributed by atoms with E-state index in [2.05, 4.69) is 15.5 Å². The second kappa shape index (κ2) is 8.44. The van der Waals surface area contributed by atoms with Gasteiger partial charge in [0.15, 0.2) is 0 Å². The monoisotopic (exact) mass is 399 g/mol. The van der Waals surface area contributed by atoms with Gasteiger partial charge in [0, 0.05) is 48.9 Å². The number of hydrogen-bond donors (Lipinski definition) is 2. The van der Waals surface area contributed by atoms with Gasteiger partial charge in [-0.05, 0) is 63.1 Å². The minimum absolute atomic E-state index is 0.0526. The molecule has 1 aromatic carbocycles. The van der Waals surface area contributed by atoms with Crippen LogP contribution in [0.5, 0.6) is 0 Å². The van der Waals surface area contributed by atoms with E-state index in [1.807, 2.05) is 26.0 Å². The van der Waals surface area contributed by atoms with Crippen LogP contribution in [0.2, 0.25) is 0 Å². The Kier molecular flexibility index (Phi) is 5.93. The van der Waals surface area contributed by atoms with Crippen molar-refractivity contribution in [1.29, 1.82) is 0 Å². The Morgan fingerprint density at radius 3 is 2.62 bits per heavy atom. The van der Waals surface area contributed by atoms with Crippen molar-refractivity contribution >= 4 is 17.5 Å². The van der Waals surface area contributed by atoms with E-state index in [0.29, 0.717) is 11.7 Å². The lowest BCUT2D eigenvalue weighted by Gasteiger charge is -2.33. The van der Waals surface area contributed by atoms with E-state index in [1.165, 1.54) is 12.8 Å². The minimum atomic E-state index is -0.234. The average Bonchev–Trinajstić information content (AvgIpc) is 3.26. The van der Waals surface area contributed by atoms with Crippen molar-refractivity contribution in [2.75, 3.05) is 31.6 Å². The molecule has 1 aliphatic carbocycles. The maximum atomic E-state index is 12.8. The lowest BCUT2D eigenvalue weighted by molar-refractivity contribution is -0.120. The third kappa shape index (κ3) is 4.98. The summed E-state index contributed by atoms with van der Waals surface area (Å²) >= 11 is 0. The van der Waals surface area contributed by atoms with Crippen LogP contribution < -0.4 is 10.6 Å². The number of carbonyl (C=O) groups excluding carboxylic acids is 2. The number of ether oxygens (including phenoxy) is 1. The molecule has 6 heteroatoms. The van der Waals surface area contributed by atoms with Gasteiger partial charge in [-0.25, -0.2) is 0 Å². The number of amides is 2. The molecule has 1 atom stereocenters. The molecule has 4 rings (SSSR count). The summed E-state index contributed by atoms with van der Waals surface area (Å²) in [6, 6.07) is 5.75. The number of hydrogen-bond acceptors (Lipinski definition) is 4. The van der Waals surface area contributed by atoms with Gasteiger partial charge < -0.3 is 20.3 Å². The van der Waals surface area contributed by atoms with E-state index < -0.39 is 0 Å². The summed E-state index contributed by atoms with van der Waals surface area (Å²) in [5.74, 6) is -0.00696. The van der Waals surface area contributed by atoms with Gasteiger partial charge in [-0.15, -0.1) is 0 Å². The van der Waals surface area contributed by atoms with Gasteiger partial charge in [-0.2, -0.15) is 0 Å². The van der Waals surface area contributed by atoms with Gasteiger partial charge in [-0.1, -0.05) is 13.0 Å². The molecule has 3 aliphatic rings. The smallest absolute Gasteiger partial charge is 0.251 e. The maximum Gasteiger partial charge on any atom is 0.251 e. The first-order valence-electron chi connectivity index (χ1n) is 11.0. The number of rotatable bonds is 6. The van der Waals surface area contributed by atoms with Crippen molar-refractivity contribution in [3.05, 3.63) is 29.3 Å². The number of nitrogens with one attached hydrogen (secondary N) is 2. The van der Waals surface area contributed by atoms with Crippen LogP contribution in [0.4, 0.5) is 5.69 Å². The summed E-state index contributed by atoms with van der Waals surface area (Å²) < 4.78 is 5.74. The van der Waals surface area contributed by atoms with E-state index in [4.69, 9.17) is 4.74 Å². The van der Waals surface area contributed by atoms with Gasteiger partial charge in [0.25, 0.3) is 5.91 Å². The zero-order chi connectivity index (χ0) is 20.4. The van der Waals surface area contributed by atoms with Crippen molar-refractivity contribution in [3.63, 3.8) is 0 Å². The quantitative estimate of drug-likeness (QED) is 0.771. The number of anilines is 1. The normalized spacial score (nSPS) is 24.3. The third-order valence-electron chi connectivity index (χ3n) is 6.70. The first-order chi connectivity index (χ1) is 13.9. The summed E-state index contributed by atoms with van der Waals surface area (Å²) in [5, 5.41) is 6.20. The fourth-order valence-corrected chi connectivity index (χ4v) is 4.19. The molecule has 0 aromatic heterocycles. The van der Waals surface area contributed by atoms with Gasteiger partial charge in [0.05, 0.1) is 6.10 Å². The average molecular weight is 400 g/mol. The predicted molar refractivity (Wildman–Crippen MR) is 113 cm³/mol. The molecule has 0 radical (unpaired) electrons. The molecular formula is C23H33N3O3. The third-order valence-corrected chi connectivity index (χ3v) is 6.70. The zero-order valence-corrected chi connectivity index (χ0v) is 17.6. The van der Waals surface area contributed by atoms with Crippen LogP contribution in [-0.2, 0) is 9.53 Å². The van der Waals surface area contributed by atoms with Crippen molar-refractivity contribution in [2.24, 2.45) is 5.41 Å². The summed E-state index contributed by atoms with van der Waals surface area (Å²) in [4.78, 5) is 27.6. The first-order valence-corrected chi connectivity index (χ1v) is 11.0. The highest BCUT2D eigenvalue weighted by Crippen LogP contribution is 2.45. The van der Waals surface area contributed by atoms with E-state index in [1.54, 1.807) is 6.07 Å². The van der Waals surface area contributed by atoms with E-state index in [0.717, 1.165) is 63.2 Å². The van der Waals surface area contributed by atoms with Gasteiger partial charge in [0.1, 0.15) is 0 Å². The van der Waals surface area contributed by atoms with Crippen molar-refractivity contribution in [2.45, 2.75) is 64.5 Å². The molecule has 0 bridgehead atoms. The molecule has 2 saturated heterocycles. The summed E-state index contributed by atoms with van der Waals surface area (Å²) in [6.45, 7) is 7.85. The van der Waals surface area contributed by atoms with Crippen LogP contribution in [0, 0.1) is 12.3 Å². The van der Waals surface area contributed by atoms with Gasteiger partial charge in [-0.3, -0.25) is 9.59 Å². The van der Waals surface area contributed by atoms with Crippen LogP contribution >= 0.6 is 0 Å². The summed E-state index contributed by atoms with van der Waals surface area (Å²) in [6.07, 6.45) is 6.53. The molecule has 2 heterocycles. The highest BCUT2D eigenvalue weighted by atomic mass is 16.5. The maximum absolute atomic E-state index is 12.8. The van der Waals surface area contributed by atoms with Crippen LogP contribution in [0.15, 0.2) is 18.2 Å². The standard InChI is InChI=1S/C23H33N3O3/c1-16-5-6-17(14-20(16)25-22(28)23(2)9-10-23)21(27)24-18-7-11-26(12-8-18)15-19-4-3-13-29-19/h5-6,14,18-19H,3-4,7-13,15H2,1-2H3,(H,24,27)(H,25,28). The van der Waals surface area contributed by atoms with Gasteiger partial charge >= 0.3 is 0 Å². The molecular weight excluding hydrogens is 366 g/mol. The van der Waals surface area contributed by atoms with Crippen LogP contribution in [-0.4, -0.2) is 55.1 Å². The molecule has 3 fully saturated rings. The number of likely N-dealkylation sites (tertiary alicyclic amines) is 1. The Morgan fingerprint density at radius 2 is 1.97 bits per heavy atom. The molecule has 158 valence electrons. The molecule has 2 amide bonds. The molecule has 1 aromatic rings. The molecule has 1 saturated carbocycles. The number of piperidine rings is 1. The highest BCUT2D eigenvalue weighted by molar-refractivity contribution is 6.00. The molecule has 29 heavy (non-hydrogen) atoms. The Balaban J connectivity index is 1.29. The number of carbonyl (C=O) groups is 2. The van der Waals surface area contributed by atoms with Crippen LogP contribution in [0.25, 0.3) is 0 Å². The Hall–Kier alpha value is -1.92. The van der Waals surface area contributed by atoms with Crippen molar-refractivity contribution < 1.29 is 14.3 Å². The molecule has 0 spiro atoms. The van der Waals surface area contributed by atoms with Crippen LogP contribution in [0.1, 0.15) is 61.4 Å². The van der Waals surface area contributed by atoms with E-state index >= 15 is 0 Å². The number of nitrogens with zero attached hydrogens (tertiary/aromatic N) is 1. The number of aryl methyl sites for hydroxylation is 1. The lowest BCUT2D eigenvalue weighted by Crippen LogP contribution is -2.46. The first kappa shape index (κ1) is 20.4. The minimum Gasteiger partial charge on any atom is -0.377 e. The molecule has 2 aliphatic heterocycles. The second-order valence-corrected chi connectivity index (χ2v) is 9.23. The molecule has 2 N–H and O–H groups in total. The Morgan fingerprint density at radius 1 is 1.21 bits per heavy atom. The largest absolute Gasteiger partial charge is 0.377 e. The topological polar surface area (TPSA) is 70.7 Å². The SMILES string of the molecule is Cc1ccc(C(=O)NC2CCN(CC3CCCO3)CC2)cc1NC(=O)C1(C)CC1. The van der Waals surface area contributed by atoms with E-state index in [-0.39, 0.29) is 23.3 Å². The van der Waals surface area contributed by atoms with Crippen molar-refractivity contribution in [3.8, 4) is 0 Å². The second-order valence-electron chi connectivity index (χ2n) is 9.23. The number of benzene rings is 1. The fourth-order valence-electron chi connectivity index (χ4n) is 4.19. The zero-order valence-electron chi connectivity index (χ0n) is 17.6. The molecule has 1 unspecified atom stereocenters. The van der Waals surface area contributed by atoms with Gasteiger partial charge in [0.2, 0.25) is 5.91 Å². The summed E-state index contributed by atoms with van der Waals surface area (Å²) in [5.41, 5.74) is 2.08. The fraction of sp³-hybridized carbons (Fsp3) is 0.652. The Labute approximate surface area is 173 Å². The Bertz CT molecular complexity index is 761. The predicted octanol–water partition coefficient (Wildman–Crippen LogP) is 3.11. The molecule has 6 nitrogen and oxygen atoms in total. The lowest BCUT2D eigenvalue weighted by atomic mass is 10.0. The van der Waals surface area contributed by atoms with Crippen LogP contribution in [0.3, 0.4) is 0 Å². The van der Waals surface area contributed by atoms with Crippen molar-refractivity contribution in [1.82, 2.24) is 10.2 Å². The highest BCUT2D eigenvalue weighted by Gasteiger charge is 2.45. The summed E-state index contributed by atoms with van der Waals surface area (Å²) in [7, 11) is 0.